The van der Waals surface area contributed by atoms with Crippen LogP contribution in [-0.4, -0.2) is 7.05 Å². The summed E-state index contributed by atoms with van der Waals surface area (Å²) in [4.78, 5) is 1.86. The highest BCUT2D eigenvalue weighted by Crippen LogP contribution is 2.24. The number of nitrogens with two attached hydrogens (primary N) is 1. The molecule has 0 bridgehead atoms. The molecule has 3 nitrogen and oxygen atoms in total. The predicted octanol–water partition coefficient (Wildman–Crippen LogP) is 3.38. The Balaban J connectivity index is 2.20. The Hall–Kier alpha value is -1.81. The standard InChI is InChI=1S/C15H19FN2O/c1-10(17)12-4-5-15(14(16)8-12)18(3)9-13-6-7-19-11(13)2/h4-8,10H,9,17H2,1-3H3/t10-/m0/s1. The van der Waals surface area contributed by atoms with Crippen LogP contribution in [0.15, 0.2) is 34.9 Å². The van der Waals surface area contributed by atoms with E-state index in [9.17, 15) is 4.39 Å². The molecular formula is C15H19FN2O. The summed E-state index contributed by atoms with van der Waals surface area (Å²) >= 11 is 0. The first kappa shape index (κ1) is 13.6. The second-order valence-corrected chi connectivity index (χ2v) is 4.86. The molecule has 0 fully saturated rings. The van der Waals surface area contributed by atoms with Gasteiger partial charge in [0.2, 0.25) is 0 Å². The van der Waals surface area contributed by atoms with Crippen molar-refractivity contribution < 1.29 is 8.81 Å². The number of halogens is 1. The molecule has 1 atom stereocenters. The molecular weight excluding hydrogens is 243 g/mol. The lowest BCUT2D eigenvalue weighted by atomic mass is 10.1. The van der Waals surface area contributed by atoms with Gasteiger partial charge in [0.15, 0.2) is 0 Å². The zero-order valence-electron chi connectivity index (χ0n) is 11.5. The van der Waals surface area contributed by atoms with E-state index >= 15 is 0 Å². The second kappa shape index (κ2) is 5.45. The second-order valence-electron chi connectivity index (χ2n) is 4.86. The van der Waals surface area contributed by atoms with Crippen molar-refractivity contribution in [1.29, 1.82) is 0 Å². The molecule has 19 heavy (non-hydrogen) atoms. The largest absolute Gasteiger partial charge is 0.469 e. The number of aryl methyl sites for hydroxylation is 1. The zero-order chi connectivity index (χ0) is 14.0. The van der Waals surface area contributed by atoms with Crippen molar-refractivity contribution in [3.63, 3.8) is 0 Å². The van der Waals surface area contributed by atoms with E-state index in [1.165, 1.54) is 6.07 Å². The molecule has 0 radical (unpaired) electrons. The van der Waals surface area contributed by atoms with E-state index in [0.717, 1.165) is 16.9 Å². The Morgan fingerprint density at radius 3 is 2.63 bits per heavy atom. The van der Waals surface area contributed by atoms with Crippen molar-refractivity contribution in [3.05, 3.63) is 53.2 Å². The molecule has 2 N–H and O–H groups in total. The molecule has 1 aromatic heterocycles. The zero-order valence-corrected chi connectivity index (χ0v) is 11.5. The van der Waals surface area contributed by atoms with Crippen molar-refractivity contribution in [2.24, 2.45) is 5.73 Å². The van der Waals surface area contributed by atoms with Crippen LogP contribution in [0, 0.1) is 12.7 Å². The average molecular weight is 262 g/mol. The van der Waals surface area contributed by atoms with Crippen LogP contribution in [0.2, 0.25) is 0 Å². The van der Waals surface area contributed by atoms with E-state index in [1.807, 2.05) is 37.9 Å². The summed E-state index contributed by atoms with van der Waals surface area (Å²) in [6.07, 6.45) is 1.65. The normalized spacial score (nSPS) is 12.5. The fraction of sp³-hybridized carbons (Fsp3) is 0.333. The lowest BCUT2D eigenvalue weighted by Gasteiger charge is -2.20. The van der Waals surface area contributed by atoms with Crippen molar-refractivity contribution in [2.75, 3.05) is 11.9 Å². The smallest absolute Gasteiger partial charge is 0.146 e. The van der Waals surface area contributed by atoms with Gasteiger partial charge in [-0.05, 0) is 37.6 Å². The van der Waals surface area contributed by atoms with Crippen LogP contribution in [0.3, 0.4) is 0 Å². The van der Waals surface area contributed by atoms with Crippen LogP contribution in [0.5, 0.6) is 0 Å². The SMILES string of the molecule is Cc1occc1CN(C)c1ccc([C@H](C)N)cc1F. The maximum atomic E-state index is 14.1. The number of rotatable bonds is 4. The van der Waals surface area contributed by atoms with E-state index in [1.54, 1.807) is 12.3 Å². The van der Waals surface area contributed by atoms with Crippen LogP contribution in [0.25, 0.3) is 0 Å². The van der Waals surface area contributed by atoms with Crippen LogP contribution < -0.4 is 10.6 Å². The van der Waals surface area contributed by atoms with Gasteiger partial charge in [-0.1, -0.05) is 6.07 Å². The highest BCUT2D eigenvalue weighted by atomic mass is 19.1. The summed E-state index contributed by atoms with van der Waals surface area (Å²) in [6.45, 7) is 4.35. The van der Waals surface area contributed by atoms with Gasteiger partial charge >= 0.3 is 0 Å². The summed E-state index contributed by atoms with van der Waals surface area (Å²) in [5.74, 6) is 0.609. The summed E-state index contributed by atoms with van der Waals surface area (Å²) in [5, 5.41) is 0. The molecule has 102 valence electrons. The summed E-state index contributed by atoms with van der Waals surface area (Å²) in [7, 11) is 1.86. The number of nitrogens with zero attached hydrogens (tertiary/aromatic N) is 1. The number of benzene rings is 1. The number of anilines is 1. The molecule has 0 aliphatic carbocycles. The fourth-order valence-electron chi connectivity index (χ4n) is 2.03. The minimum absolute atomic E-state index is 0.162. The Morgan fingerprint density at radius 1 is 1.37 bits per heavy atom. The first-order chi connectivity index (χ1) is 8.99. The van der Waals surface area contributed by atoms with E-state index in [2.05, 4.69) is 0 Å². The first-order valence-electron chi connectivity index (χ1n) is 6.28. The molecule has 0 unspecified atom stereocenters. The molecule has 4 heteroatoms. The third kappa shape index (κ3) is 2.96. The van der Waals surface area contributed by atoms with Crippen molar-refractivity contribution in [1.82, 2.24) is 0 Å². The third-order valence-electron chi connectivity index (χ3n) is 3.28. The lowest BCUT2D eigenvalue weighted by Crippen LogP contribution is -2.18. The number of hydrogen-bond acceptors (Lipinski definition) is 3. The minimum atomic E-state index is -0.251. The number of furan rings is 1. The minimum Gasteiger partial charge on any atom is -0.469 e. The average Bonchev–Trinajstić information content (AvgIpc) is 2.74. The van der Waals surface area contributed by atoms with E-state index in [4.69, 9.17) is 10.2 Å². The van der Waals surface area contributed by atoms with Gasteiger partial charge in [-0.25, -0.2) is 4.39 Å². The van der Waals surface area contributed by atoms with Crippen LogP contribution in [-0.2, 0) is 6.54 Å². The fourth-order valence-corrected chi connectivity index (χ4v) is 2.03. The Kier molecular flexibility index (Phi) is 3.90. The molecule has 2 aromatic rings. The van der Waals surface area contributed by atoms with Gasteiger partial charge in [-0.2, -0.15) is 0 Å². The van der Waals surface area contributed by atoms with Crippen molar-refractivity contribution in [2.45, 2.75) is 26.4 Å². The summed E-state index contributed by atoms with van der Waals surface area (Å²) in [5.41, 5.74) is 8.16. The lowest BCUT2D eigenvalue weighted by molar-refractivity contribution is 0.529. The maximum absolute atomic E-state index is 14.1. The molecule has 2 rings (SSSR count). The predicted molar refractivity (Wildman–Crippen MR) is 74.6 cm³/mol. The molecule has 0 aliphatic heterocycles. The van der Waals surface area contributed by atoms with Gasteiger partial charge in [0, 0.05) is 25.2 Å². The van der Waals surface area contributed by atoms with Gasteiger partial charge in [-0.3, -0.25) is 0 Å². The molecule has 1 aromatic carbocycles. The quantitative estimate of drug-likeness (QED) is 0.918. The molecule has 0 amide bonds. The van der Waals surface area contributed by atoms with Gasteiger partial charge < -0.3 is 15.1 Å². The highest BCUT2D eigenvalue weighted by Gasteiger charge is 2.12. The Morgan fingerprint density at radius 2 is 2.11 bits per heavy atom. The van der Waals surface area contributed by atoms with Crippen molar-refractivity contribution >= 4 is 5.69 Å². The molecule has 0 aliphatic rings. The molecule has 0 saturated heterocycles. The monoisotopic (exact) mass is 262 g/mol. The van der Waals surface area contributed by atoms with Gasteiger partial charge in [0.05, 0.1) is 12.0 Å². The Labute approximate surface area is 112 Å². The third-order valence-corrected chi connectivity index (χ3v) is 3.28. The molecule has 1 heterocycles. The van der Waals surface area contributed by atoms with Crippen LogP contribution in [0.1, 0.15) is 29.9 Å². The van der Waals surface area contributed by atoms with Gasteiger partial charge in [0.25, 0.3) is 0 Å². The van der Waals surface area contributed by atoms with E-state index < -0.39 is 0 Å². The van der Waals surface area contributed by atoms with E-state index in [0.29, 0.717) is 12.2 Å². The van der Waals surface area contributed by atoms with Gasteiger partial charge in [0.1, 0.15) is 11.6 Å². The molecule has 0 spiro atoms. The molecule has 0 saturated carbocycles. The summed E-state index contributed by atoms with van der Waals surface area (Å²) in [6, 6.07) is 6.87. The van der Waals surface area contributed by atoms with E-state index in [-0.39, 0.29) is 11.9 Å². The first-order valence-corrected chi connectivity index (χ1v) is 6.28. The van der Waals surface area contributed by atoms with Crippen LogP contribution >= 0.6 is 0 Å². The summed E-state index contributed by atoms with van der Waals surface area (Å²) < 4.78 is 19.3. The van der Waals surface area contributed by atoms with Crippen LogP contribution in [0.4, 0.5) is 10.1 Å². The van der Waals surface area contributed by atoms with Crippen molar-refractivity contribution in [3.8, 4) is 0 Å². The van der Waals surface area contributed by atoms with Gasteiger partial charge in [-0.15, -0.1) is 0 Å². The topological polar surface area (TPSA) is 42.4 Å². The Bertz CT molecular complexity index is 563. The number of hydrogen-bond donors (Lipinski definition) is 1. The maximum Gasteiger partial charge on any atom is 0.146 e. The highest BCUT2D eigenvalue weighted by molar-refractivity contribution is 5.49.